The summed E-state index contributed by atoms with van der Waals surface area (Å²) >= 11 is 0. The van der Waals surface area contributed by atoms with Crippen LogP contribution in [0, 0.1) is 23.7 Å². The van der Waals surface area contributed by atoms with Crippen molar-refractivity contribution in [3.63, 3.8) is 0 Å². The summed E-state index contributed by atoms with van der Waals surface area (Å²) in [6.45, 7) is 1.49. The largest absolute Gasteiger partial charge is 0.504 e. The van der Waals surface area contributed by atoms with Crippen LogP contribution < -0.4 is 9.64 Å². The van der Waals surface area contributed by atoms with Crippen molar-refractivity contribution in [2.45, 2.75) is 32.1 Å². The average Bonchev–Trinajstić information content (AvgIpc) is 3.27. The van der Waals surface area contributed by atoms with Crippen LogP contribution in [0.3, 0.4) is 0 Å². The Morgan fingerprint density at radius 1 is 0.915 bits per heavy atom. The third kappa shape index (κ3) is 5.36. The number of ether oxygens (including phenoxy) is 1. The molecule has 4 aliphatic rings. The first-order valence-electron chi connectivity index (χ1n) is 14.4. The van der Waals surface area contributed by atoms with Crippen molar-refractivity contribution < 1.29 is 55.4 Å². The molecule has 0 saturated carbocycles. The topological polar surface area (TPSA) is 101 Å². The van der Waals surface area contributed by atoms with Gasteiger partial charge in [-0.05, 0) is 67.7 Å². The highest BCUT2D eigenvalue weighted by Crippen LogP contribution is 2.53. The van der Waals surface area contributed by atoms with Crippen molar-refractivity contribution in [1.82, 2.24) is 0 Å². The molecular formula is C34H25F6NO6. The van der Waals surface area contributed by atoms with Crippen LogP contribution in [-0.4, -0.2) is 35.6 Å². The maximum atomic E-state index is 14.0. The molecule has 0 aromatic heterocycles. The van der Waals surface area contributed by atoms with E-state index in [0.29, 0.717) is 28.2 Å². The second-order valence-corrected chi connectivity index (χ2v) is 11.8. The quantitative estimate of drug-likeness (QED) is 0.172. The minimum atomic E-state index is -5.20. The van der Waals surface area contributed by atoms with E-state index in [1.54, 1.807) is 24.3 Å². The number of rotatable bonds is 4. The molecule has 0 radical (unpaired) electrons. The lowest BCUT2D eigenvalue weighted by atomic mass is 9.60. The number of phenolic OH excluding ortho intramolecular Hbond substituents is 1. The van der Waals surface area contributed by atoms with Gasteiger partial charge in [-0.3, -0.25) is 19.2 Å². The van der Waals surface area contributed by atoms with Crippen LogP contribution in [0.25, 0.3) is 6.08 Å². The predicted molar refractivity (Wildman–Crippen MR) is 155 cm³/mol. The van der Waals surface area contributed by atoms with Crippen molar-refractivity contribution in [2.24, 2.45) is 23.7 Å². The number of aromatic hydroxyl groups is 1. The Labute approximate surface area is 263 Å². The molecule has 244 valence electrons. The molecule has 0 spiro atoms. The van der Waals surface area contributed by atoms with Gasteiger partial charge >= 0.3 is 12.4 Å². The Morgan fingerprint density at radius 3 is 2.19 bits per heavy atom. The summed E-state index contributed by atoms with van der Waals surface area (Å²) in [5.41, 5.74) is -2.59. The number of Topliss-reactive ketones (excluding diaryl/α,β-unsaturated/α-hetero) is 1. The van der Waals surface area contributed by atoms with E-state index in [2.05, 4.69) is 0 Å². The molecule has 1 aliphatic heterocycles. The Balaban J connectivity index is 1.43. The number of nitrogens with zero attached hydrogens (tertiary/aromatic N) is 1. The normalized spacial score (nSPS) is 24.7. The Kier molecular flexibility index (Phi) is 7.56. The smallest absolute Gasteiger partial charge is 0.416 e. The highest BCUT2D eigenvalue weighted by atomic mass is 19.4. The van der Waals surface area contributed by atoms with Crippen molar-refractivity contribution in [3.05, 3.63) is 93.6 Å². The fourth-order valence-electron chi connectivity index (χ4n) is 6.97. The molecule has 0 unspecified atom stereocenters. The number of allylic oxidation sites excluding steroid dienone is 7. The van der Waals surface area contributed by atoms with E-state index < -0.39 is 76.2 Å². The number of hydrogen-bond donors (Lipinski definition) is 1. The van der Waals surface area contributed by atoms with Gasteiger partial charge in [0.25, 0.3) is 0 Å². The Hall–Kier alpha value is -4.94. The number of ketones is 2. The van der Waals surface area contributed by atoms with Crippen molar-refractivity contribution in [1.29, 1.82) is 0 Å². The van der Waals surface area contributed by atoms with Gasteiger partial charge in [0.05, 0.1) is 35.8 Å². The average molecular weight is 658 g/mol. The molecule has 1 fully saturated rings. The van der Waals surface area contributed by atoms with E-state index in [1.165, 1.54) is 32.2 Å². The molecule has 2 amide bonds. The molecule has 6 rings (SSSR count). The van der Waals surface area contributed by atoms with Gasteiger partial charge in [-0.1, -0.05) is 29.9 Å². The molecule has 7 nitrogen and oxygen atoms in total. The van der Waals surface area contributed by atoms with Gasteiger partial charge in [0.15, 0.2) is 23.1 Å². The SMILES string of the molecule is COc1cc(C=C[C@H]2C3=CC[C@@H]4C(=O)N(c5cc(C(F)(F)F)cc(C(F)(F)F)c5)C(=O)[C@@H]4[C@@H]3CC3=C2C(=O)C(C)=CC3=O)ccc1O. The number of methoxy groups -OCH3 is 1. The van der Waals surface area contributed by atoms with Crippen molar-refractivity contribution in [3.8, 4) is 11.5 Å². The summed E-state index contributed by atoms with van der Waals surface area (Å²) in [6, 6.07) is 5.11. The monoisotopic (exact) mass is 657 g/mol. The van der Waals surface area contributed by atoms with Crippen LogP contribution in [0.15, 0.2) is 76.9 Å². The molecule has 1 N–H and O–H groups in total. The van der Waals surface area contributed by atoms with Gasteiger partial charge < -0.3 is 9.84 Å². The maximum absolute atomic E-state index is 14.0. The summed E-state index contributed by atoms with van der Waals surface area (Å²) in [7, 11) is 1.36. The van der Waals surface area contributed by atoms with Crippen molar-refractivity contribution in [2.75, 3.05) is 12.0 Å². The second kappa shape index (κ2) is 11.1. The number of amides is 2. The van der Waals surface area contributed by atoms with Gasteiger partial charge in [-0.15, -0.1) is 0 Å². The number of fused-ring (bicyclic) bond motifs is 3. The molecular weight excluding hydrogens is 632 g/mol. The van der Waals surface area contributed by atoms with Gasteiger partial charge in [-0.25, -0.2) is 4.90 Å². The molecule has 47 heavy (non-hydrogen) atoms. The predicted octanol–water partition coefficient (Wildman–Crippen LogP) is 6.62. The number of carbonyl (C=O) groups excluding carboxylic acids is 4. The van der Waals surface area contributed by atoms with E-state index in [1.807, 2.05) is 0 Å². The summed E-state index contributed by atoms with van der Waals surface area (Å²) in [4.78, 5) is 54.6. The molecule has 1 heterocycles. The Morgan fingerprint density at radius 2 is 1.57 bits per heavy atom. The molecule has 13 heteroatoms. The maximum Gasteiger partial charge on any atom is 0.416 e. The van der Waals surface area contributed by atoms with Crippen LogP contribution in [0.2, 0.25) is 0 Å². The number of halogens is 6. The van der Waals surface area contributed by atoms with Gasteiger partial charge in [0.2, 0.25) is 11.8 Å². The third-order valence-corrected chi connectivity index (χ3v) is 9.13. The fourth-order valence-corrected chi connectivity index (χ4v) is 6.97. The number of benzene rings is 2. The number of imide groups is 1. The van der Waals surface area contributed by atoms with Gasteiger partial charge in [-0.2, -0.15) is 26.3 Å². The van der Waals surface area contributed by atoms with Crippen LogP contribution in [0.5, 0.6) is 11.5 Å². The minimum absolute atomic E-state index is 0.0698. The standard InChI is InChI=1S/C34H25F6NO6/c1-15-9-26(43)24-14-23-20(21(28(24)30(15)44)5-3-16-4-8-25(42)27(10-16)47-2)6-7-22-29(23)32(46)41(31(22)45)19-12-17(33(35,36)37)11-18(13-19)34(38,39)40/h3-6,8-13,21-23,29,42H,7,14H2,1-2H3/t21-,22-,23+,29-/m0/s1. The highest BCUT2D eigenvalue weighted by molar-refractivity contribution is 6.24. The number of anilines is 1. The summed E-state index contributed by atoms with van der Waals surface area (Å²) < 4.78 is 86.9. The molecule has 2 aromatic carbocycles. The summed E-state index contributed by atoms with van der Waals surface area (Å²) in [6.07, 6.45) is -4.48. The highest BCUT2D eigenvalue weighted by Gasteiger charge is 2.56. The molecule has 3 aliphatic carbocycles. The fraction of sp³-hybridized carbons (Fsp3) is 0.294. The zero-order valence-electron chi connectivity index (χ0n) is 24.7. The van der Waals surface area contributed by atoms with Gasteiger partial charge in [0, 0.05) is 22.6 Å². The van der Waals surface area contributed by atoms with E-state index in [-0.39, 0.29) is 47.1 Å². The lowest BCUT2D eigenvalue weighted by Gasteiger charge is -2.41. The van der Waals surface area contributed by atoms with Gasteiger partial charge in [0.1, 0.15) is 0 Å². The summed E-state index contributed by atoms with van der Waals surface area (Å²) in [5, 5.41) is 9.97. The first-order valence-corrected chi connectivity index (χ1v) is 14.4. The minimum Gasteiger partial charge on any atom is -0.504 e. The van der Waals surface area contributed by atoms with Crippen LogP contribution in [-0.2, 0) is 31.5 Å². The third-order valence-electron chi connectivity index (χ3n) is 9.13. The lowest BCUT2D eigenvalue weighted by Crippen LogP contribution is -2.40. The van der Waals surface area contributed by atoms with Crippen LogP contribution in [0.1, 0.15) is 36.5 Å². The lowest BCUT2D eigenvalue weighted by molar-refractivity contribution is -0.143. The summed E-state index contributed by atoms with van der Waals surface area (Å²) in [5.74, 6) is -6.75. The molecule has 1 saturated heterocycles. The Bertz CT molecular complexity index is 1850. The zero-order chi connectivity index (χ0) is 34.2. The molecule has 0 bridgehead atoms. The number of alkyl halides is 6. The molecule has 2 aromatic rings. The van der Waals surface area contributed by atoms with E-state index in [0.717, 1.165) is 0 Å². The van der Waals surface area contributed by atoms with E-state index in [9.17, 15) is 50.6 Å². The van der Waals surface area contributed by atoms with E-state index >= 15 is 0 Å². The van der Waals surface area contributed by atoms with E-state index in [4.69, 9.17) is 4.74 Å². The first kappa shape index (κ1) is 32.0. The van der Waals surface area contributed by atoms with Crippen molar-refractivity contribution >= 4 is 35.1 Å². The van der Waals surface area contributed by atoms with Crippen LogP contribution >= 0.6 is 0 Å². The molecule has 4 atom stereocenters. The number of carbonyl (C=O) groups is 4. The zero-order valence-corrected chi connectivity index (χ0v) is 24.7. The second-order valence-electron chi connectivity index (χ2n) is 11.8. The first-order chi connectivity index (χ1) is 22.0. The van der Waals surface area contributed by atoms with Crippen LogP contribution in [0.4, 0.5) is 32.0 Å². The number of hydrogen-bond acceptors (Lipinski definition) is 6. The number of phenols is 1.